The van der Waals surface area contributed by atoms with Crippen LogP contribution in [0, 0.1) is 5.92 Å². The Kier molecular flexibility index (Phi) is 7.32. The smallest absolute Gasteiger partial charge is 0.243 e. The van der Waals surface area contributed by atoms with Crippen LogP contribution in [0.4, 0.5) is 5.13 Å². The number of halogens is 2. The lowest BCUT2D eigenvalue weighted by atomic mass is 9.96. The first kappa shape index (κ1) is 25.2. The topological polar surface area (TPSA) is 88.4 Å². The molecule has 3 heterocycles. The summed E-state index contributed by atoms with van der Waals surface area (Å²) in [5, 5.41) is 5.83. The minimum Gasteiger partial charge on any atom is -0.286 e. The summed E-state index contributed by atoms with van der Waals surface area (Å²) in [7, 11) is -3.65. The third-order valence-corrected chi connectivity index (χ3v) is 9.74. The molecule has 1 amide bonds. The van der Waals surface area contributed by atoms with E-state index in [-0.39, 0.29) is 29.8 Å². The van der Waals surface area contributed by atoms with Crippen LogP contribution in [0.2, 0.25) is 10.0 Å². The van der Waals surface area contributed by atoms with E-state index in [2.05, 4.69) is 10.1 Å². The monoisotopic (exact) mass is 563 g/mol. The van der Waals surface area contributed by atoms with Crippen molar-refractivity contribution >= 4 is 65.8 Å². The standard InChI is InChI=1S/C24H23Cl2N5O3S2/c25-18-5-7-19(8-6-18)36(33,34)30-13-9-17(10-14-30)23(32)31(16-15-29-12-2-11-27-29)24-28-22-20(26)3-1-4-21(22)35-24/h1-8,11-12,17H,9-10,13-16H2. The van der Waals surface area contributed by atoms with Crippen LogP contribution in [-0.4, -0.2) is 53.0 Å². The lowest BCUT2D eigenvalue weighted by Crippen LogP contribution is -2.45. The molecule has 2 aromatic heterocycles. The molecule has 0 spiro atoms. The van der Waals surface area contributed by atoms with Gasteiger partial charge in [-0.05, 0) is 55.3 Å². The van der Waals surface area contributed by atoms with Crippen molar-refractivity contribution in [3.63, 3.8) is 0 Å². The highest BCUT2D eigenvalue weighted by Gasteiger charge is 2.35. The van der Waals surface area contributed by atoms with Crippen LogP contribution >= 0.6 is 34.5 Å². The number of hydrogen-bond donors (Lipinski definition) is 0. The van der Waals surface area contributed by atoms with Crippen molar-refractivity contribution < 1.29 is 13.2 Å². The van der Waals surface area contributed by atoms with E-state index >= 15 is 0 Å². The molecule has 0 N–H and O–H groups in total. The summed E-state index contributed by atoms with van der Waals surface area (Å²) in [4.78, 5) is 20.3. The summed E-state index contributed by atoms with van der Waals surface area (Å²) in [6.45, 7) is 1.42. The van der Waals surface area contributed by atoms with E-state index in [1.54, 1.807) is 34.0 Å². The van der Waals surface area contributed by atoms with Gasteiger partial charge in [0.05, 0.1) is 21.2 Å². The fourth-order valence-electron chi connectivity index (χ4n) is 4.27. The normalized spacial score (nSPS) is 15.4. The van der Waals surface area contributed by atoms with Crippen LogP contribution in [0.5, 0.6) is 0 Å². The molecule has 188 valence electrons. The number of carbonyl (C=O) groups is 1. The lowest BCUT2D eigenvalue weighted by molar-refractivity contribution is -0.123. The maximum atomic E-state index is 13.7. The average molecular weight is 565 g/mol. The van der Waals surface area contributed by atoms with Crippen molar-refractivity contribution in [3.05, 3.63) is 71.0 Å². The molecule has 2 aromatic carbocycles. The first-order chi connectivity index (χ1) is 17.3. The van der Waals surface area contributed by atoms with Crippen molar-refractivity contribution in [1.82, 2.24) is 19.1 Å². The van der Waals surface area contributed by atoms with Crippen molar-refractivity contribution in [2.24, 2.45) is 5.92 Å². The molecule has 0 bridgehead atoms. The van der Waals surface area contributed by atoms with E-state index in [9.17, 15) is 13.2 Å². The number of sulfonamides is 1. The zero-order valence-electron chi connectivity index (χ0n) is 19.1. The molecular weight excluding hydrogens is 541 g/mol. The van der Waals surface area contributed by atoms with Gasteiger partial charge in [-0.25, -0.2) is 13.4 Å². The van der Waals surface area contributed by atoms with Crippen LogP contribution < -0.4 is 4.90 Å². The van der Waals surface area contributed by atoms with E-state index in [0.29, 0.717) is 46.6 Å². The Hall–Kier alpha value is -2.50. The minimum atomic E-state index is -3.65. The minimum absolute atomic E-state index is 0.0686. The Morgan fingerprint density at radius 2 is 1.83 bits per heavy atom. The zero-order valence-corrected chi connectivity index (χ0v) is 22.3. The van der Waals surface area contributed by atoms with Gasteiger partial charge in [0.2, 0.25) is 15.9 Å². The van der Waals surface area contributed by atoms with Gasteiger partial charge in [-0.15, -0.1) is 0 Å². The van der Waals surface area contributed by atoms with Crippen LogP contribution in [-0.2, 0) is 21.4 Å². The second kappa shape index (κ2) is 10.5. The van der Waals surface area contributed by atoms with E-state index in [4.69, 9.17) is 23.2 Å². The zero-order chi connectivity index (χ0) is 25.3. The van der Waals surface area contributed by atoms with Gasteiger partial charge in [0.25, 0.3) is 0 Å². The van der Waals surface area contributed by atoms with Crippen LogP contribution in [0.25, 0.3) is 10.2 Å². The maximum Gasteiger partial charge on any atom is 0.243 e. The van der Waals surface area contributed by atoms with Gasteiger partial charge in [0.15, 0.2) is 5.13 Å². The predicted molar refractivity (Wildman–Crippen MR) is 142 cm³/mol. The second-order valence-electron chi connectivity index (χ2n) is 8.47. The summed E-state index contributed by atoms with van der Waals surface area (Å²) >= 11 is 13.7. The first-order valence-corrected chi connectivity index (χ1v) is 14.4. The second-order valence-corrected chi connectivity index (χ2v) is 12.3. The summed E-state index contributed by atoms with van der Waals surface area (Å²) in [5.74, 6) is -0.386. The molecular formula is C24H23Cl2N5O3S2. The number of aromatic nitrogens is 3. The highest BCUT2D eigenvalue weighted by Crippen LogP contribution is 2.34. The highest BCUT2D eigenvalue weighted by molar-refractivity contribution is 7.89. The molecule has 1 saturated heterocycles. The van der Waals surface area contributed by atoms with Gasteiger partial charge in [0.1, 0.15) is 5.52 Å². The van der Waals surface area contributed by atoms with Gasteiger partial charge >= 0.3 is 0 Å². The lowest BCUT2D eigenvalue weighted by Gasteiger charge is -2.33. The number of para-hydroxylation sites is 1. The molecule has 1 aliphatic rings. The number of piperidine rings is 1. The molecule has 0 radical (unpaired) electrons. The molecule has 12 heteroatoms. The molecule has 0 aliphatic carbocycles. The van der Waals surface area contributed by atoms with Gasteiger partial charge in [0, 0.05) is 43.0 Å². The number of thiazole rings is 1. The third-order valence-electron chi connectivity index (χ3n) is 6.22. The Morgan fingerprint density at radius 1 is 1.08 bits per heavy atom. The van der Waals surface area contributed by atoms with Gasteiger partial charge in [-0.2, -0.15) is 9.40 Å². The number of carbonyl (C=O) groups excluding carboxylic acids is 1. The molecule has 0 unspecified atom stereocenters. The quantitative estimate of drug-likeness (QED) is 0.318. The van der Waals surface area contributed by atoms with Crippen molar-refractivity contribution in [2.45, 2.75) is 24.3 Å². The maximum absolute atomic E-state index is 13.7. The number of hydrogen-bond acceptors (Lipinski definition) is 6. The van der Waals surface area contributed by atoms with Crippen molar-refractivity contribution in [2.75, 3.05) is 24.5 Å². The predicted octanol–water partition coefficient (Wildman–Crippen LogP) is 4.93. The van der Waals surface area contributed by atoms with E-state index < -0.39 is 10.0 Å². The average Bonchev–Trinajstić information content (AvgIpc) is 3.55. The molecule has 1 aliphatic heterocycles. The molecule has 4 aromatic rings. The van der Waals surface area contributed by atoms with Crippen molar-refractivity contribution in [1.29, 1.82) is 0 Å². The van der Waals surface area contributed by atoms with Gasteiger partial charge in [-0.1, -0.05) is 40.6 Å². The van der Waals surface area contributed by atoms with Crippen LogP contribution in [0.1, 0.15) is 12.8 Å². The molecule has 36 heavy (non-hydrogen) atoms. The SMILES string of the molecule is O=C(C1CCN(S(=O)(=O)c2ccc(Cl)cc2)CC1)N(CCn1cccn1)c1nc2c(Cl)cccc2s1. The van der Waals surface area contributed by atoms with Crippen molar-refractivity contribution in [3.8, 4) is 0 Å². The Morgan fingerprint density at radius 3 is 2.50 bits per heavy atom. The van der Waals surface area contributed by atoms with Crippen LogP contribution in [0.15, 0.2) is 65.8 Å². The molecule has 8 nitrogen and oxygen atoms in total. The Bertz CT molecular complexity index is 1470. The summed E-state index contributed by atoms with van der Waals surface area (Å²) < 4.78 is 30.2. The molecule has 0 atom stereocenters. The Balaban J connectivity index is 1.34. The largest absolute Gasteiger partial charge is 0.286 e. The molecule has 1 fully saturated rings. The fourth-order valence-corrected chi connectivity index (χ4v) is 7.17. The summed E-state index contributed by atoms with van der Waals surface area (Å²) in [6, 6.07) is 13.5. The Labute approximate surface area is 223 Å². The van der Waals surface area contributed by atoms with E-state index in [1.807, 2.05) is 24.4 Å². The number of benzene rings is 2. The van der Waals surface area contributed by atoms with E-state index in [1.165, 1.54) is 27.8 Å². The number of anilines is 1. The number of amides is 1. The number of rotatable bonds is 7. The summed E-state index contributed by atoms with van der Waals surface area (Å²) in [6.07, 6.45) is 4.39. The summed E-state index contributed by atoms with van der Waals surface area (Å²) in [5.41, 5.74) is 0.667. The molecule has 5 rings (SSSR count). The highest BCUT2D eigenvalue weighted by atomic mass is 35.5. The number of fused-ring (bicyclic) bond motifs is 1. The molecule has 0 saturated carbocycles. The van der Waals surface area contributed by atoms with Crippen LogP contribution in [0.3, 0.4) is 0 Å². The third kappa shape index (κ3) is 5.14. The van der Waals surface area contributed by atoms with Gasteiger partial charge in [-0.3, -0.25) is 14.4 Å². The number of nitrogens with zero attached hydrogens (tertiary/aromatic N) is 5. The first-order valence-electron chi connectivity index (χ1n) is 11.4. The fraction of sp³-hybridized carbons (Fsp3) is 0.292. The van der Waals surface area contributed by atoms with Gasteiger partial charge < -0.3 is 0 Å². The van der Waals surface area contributed by atoms with E-state index in [0.717, 1.165) is 4.70 Å².